The fraction of sp³-hybridized carbons (Fsp3) is 0.462. The van der Waals surface area contributed by atoms with Crippen LogP contribution in [-0.2, 0) is 11.3 Å². The molecule has 0 bridgehead atoms. The zero-order chi connectivity index (χ0) is 12.7. The molecule has 94 valence electrons. The summed E-state index contributed by atoms with van der Waals surface area (Å²) in [5, 5.41) is 0. The molecule has 0 spiro atoms. The Morgan fingerprint density at radius 3 is 2.29 bits per heavy atom. The first kappa shape index (κ1) is 14.1. The minimum Gasteiger partial charge on any atom is -0.343 e. The quantitative estimate of drug-likeness (QED) is 0.789. The summed E-state index contributed by atoms with van der Waals surface area (Å²) in [5.74, 6) is 0.701. The van der Waals surface area contributed by atoms with Crippen LogP contribution < -0.4 is 5.73 Å². The summed E-state index contributed by atoms with van der Waals surface area (Å²) in [5.41, 5.74) is 6.65. The summed E-state index contributed by atoms with van der Waals surface area (Å²) in [4.78, 5) is 14.7. The van der Waals surface area contributed by atoms with Crippen LogP contribution in [0.5, 0.6) is 0 Å². The molecule has 0 heterocycles. The number of rotatable bonds is 6. The van der Waals surface area contributed by atoms with E-state index in [1.165, 1.54) is 0 Å². The Balaban J connectivity index is 2.46. The number of benzene rings is 1. The average molecular weight is 252 g/mol. The van der Waals surface area contributed by atoms with Crippen LogP contribution in [0.1, 0.15) is 19.4 Å². The molecular weight excluding hydrogens is 232 g/mol. The van der Waals surface area contributed by atoms with E-state index in [-0.39, 0.29) is 5.91 Å². The zero-order valence-electron chi connectivity index (χ0n) is 10.5. The number of nitrogens with zero attached hydrogens (tertiary/aromatic N) is 1. The van der Waals surface area contributed by atoms with Gasteiger partial charge < -0.3 is 10.6 Å². The number of carbonyl (C=O) groups excluding carboxylic acids is 1. The first-order valence-electron chi connectivity index (χ1n) is 5.90. The molecule has 0 aromatic heterocycles. The Morgan fingerprint density at radius 1 is 1.24 bits per heavy atom. The van der Waals surface area contributed by atoms with Gasteiger partial charge in [-0.1, -0.05) is 12.1 Å². The highest BCUT2D eigenvalue weighted by atomic mass is 32.2. The average Bonchev–Trinajstić information content (AvgIpc) is 2.38. The van der Waals surface area contributed by atoms with E-state index >= 15 is 0 Å². The third kappa shape index (κ3) is 4.40. The van der Waals surface area contributed by atoms with Gasteiger partial charge in [0.15, 0.2) is 0 Å². The van der Waals surface area contributed by atoms with E-state index in [0.717, 1.165) is 23.5 Å². The lowest BCUT2D eigenvalue weighted by atomic mass is 10.2. The highest BCUT2D eigenvalue weighted by Crippen LogP contribution is 2.18. The van der Waals surface area contributed by atoms with Crippen LogP contribution in [0, 0.1) is 0 Å². The minimum absolute atomic E-state index is 0.197. The van der Waals surface area contributed by atoms with Gasteiger partial charge in [0.1, 0.15) is 0 Å². The summed E-state index contributed by atoms with van der Waals surface area (Å²) in [7, 11) is 0. The molecule has 0 atom stereocenters. The summed E-state index contributed by atoms with van der Waals surface area (Å²) >= 11 is 1.57. The van der Waals surface area contributed by atoms with Gasteiger partial charge in [-0.05, 0) is 31.5 Å². The smallest absolute Gasteiger partial charge is 0.232 e. The first-order chi connectivity index (χ1) is 8.21. The van der Waals surface area contributed by atoms with Crippen molar-refractivity contribution in [3.63, 3.8) is 0 Å². The molecule has 0 aliphatic carbocycles. The Kier molecular flexibility index (Phi) is 6.08. The van der Waals surface area contributed by atoms with Gasteiger partial charge in [0.2, 0.25) is 5.91 Å². The van der Waals surface area contributed by atoms with E-state index in [0.29, 0.717) is 12.3 Å². The molecule has 0 radical (unpaired) electrons. The number of amides is 1. The van der Waals surface area contributed by atoms with E-state index in [4.69, 9.17) is 5.73 Å². The normalized spacial score (nSPS) is 10.3. The molecule has 3 nitrogen and oxygen atoms in total. The van der Waals surface area contributed by atoms with Crippen molar-refractivity contribution in [1.29, 1.82) is 0 Å². The summed E-state index contributed by atoms with van der Waals surface area (Å²) in [6.45, 7) is 6.12. The van der Waals surface area contributed by atoms with Crippen molar-refractivity contribution in [2.24, 2.45) is 5.73 Å². The van der Waals surface area contributed by atoms with Gasteiger partial charge in [-0.15, -0.1) is 11.8 Å². The van der Waals surface area contributed by atoms with Crippen molar-refractivity contribution in [3.8, 4) is 0 Å². The Morgan fingerprint density at radius 2 is 1.82 bits per heavy atom. The second-order valence-electron chi connectivity index (χ2n) is 3.70. The van der Waals surface area contributed by atoms with E-state index in [2.05, 4.69) is 0 Å². The predicted octanol–water partition coefficient (Wildman–Crippen LogP) is 2.11. The van der Waals surface area contributed by atoms with Gasteiger partial charge >= 0.3 is 0 Å². The number of nitrogens with two attached hydrogens (primary N) is 1. The van der Waals surface area contributed by atoms with Gasteiger partial charge in [0.25, 0.3) is 0 Å². The minimum atomic E-state index is 0.197. The molecule has 1 rings (SSSR count). The molecule has 0 unspecified atom stereocenters. The zero-order valence-corrected chi connectivity index (χ0v) is 11.3. The molecule has 1 aromatic rings. The Labute approximate surface area is 107 Å². The molecule has 4 heteroatoms. The van der Waals surface area contributed by atoms with Gasteiger partial charge in [0, 0.05) is 24.5 Å². The van der Waals surface area contributed by atoms with E-state index in [9.17, 15) is 4.79 Å². The predicted molar refractivity (Wildman–Crippen MR) is 73.0 cm³/mol. The van der Waals surface area contributed by atoms with Gasteiger partial charge in [-0.3, -0.25) is 4.79 Å². The second-order valence-corrected chi connectivity index (χ2v) is 4.75. The molecular formula is C13H20N2OS. The second kappa shape index (κ2) is 7.35. The lowest BCUT2D eigenvalue weighted by molar-refractivity contribution is -0.127. The number of hydrogen-bond acceptors (Lipinski definition) is 3. The monoisotopic (exact) mass is 252 g/mol. The van der Waals surface area contributed by atoms with Gasteiger partial charge in [0.05, 0.1) is 5.75 Å². The number of carbonyl (C=O) groups is 1. The van der Waals surface area contributed by atoms with Gasteiger partial charge in [-0.2, -0.15) is 0 Å². The van der Waals surface area contributed by atoms with Crippen molar-refractivity contribution >= 4 is 17.7 Å². The Hall–Kier alpha value is -1.00. The van der Waals surface area contributed by atoms with Gasteiger partial charge in [-0.25, -0.2) is 0 Å². The van der Waals surface area contributed by atoms with Crippen LogP contribution in [0.3, 0.4) is 0 Å². The lowest BCUT2D eigenvalue weighted by Crippen LogP contribution is -2.31. The largest absolute Gasteiger partial charge is 0.343 e. The van der Waals surface area contributed by atoms with Crippen LogP contribution >= 0.6 is 11.8 Å². The van der Waals surface area contributed by atoms with Crippen LogP contribution in [0.4, 0.5) is 0 Å². The lowest BCUT2D eigenvalue weighted by Gasteiger charge is -2.18. The highest BCUT2D eigenvalue weighted by Gasteiger charge is 2.09. The van der Waals surface area contributed by atoms with Crippen molar-refractivity contribution < 1.29 is 4.79 Å². The summed E-state index contributed by atoms with van der Waals surface area (Å²) in [6.07, 6.45) is 0. The highest BCUT2D eigenvalue weighted by molar-refractivity contribution is 8.00. The third-order valence-electron chi connectivity index (χ3n) is 2.64. The molecule has 0 saturated carbocycles. The maximum absolute atomic E-state index is 11.8. The molecule has 0 aliphatic rings. The van der Waals surface area contributed by atoms with E-state index in [1.54, 1.807) is 11.8 Å². The van der Waals surface area contributed by atoms with Crippen molar-refractivity contribution in [3.05, 3.63) is 29.8 Å². The SMILES string of the molecule is CCN(CC)C(=O)CSc1ccc(CN)cc1. The van der Waals surface area contributed by atoms with E-state index < -0.39 is 0 Å². The topological polar surface area (TPSA) is 46.3 Å². The van der Waals surface area contributed by atoms with Crippen LogP contribution in [0.25, 0.3) is 0 Å². The maximum atomic E-state index is 11.8. The molecule has 1 aromatic carbocycles. The number of thioether (sulfide) groups is 1. The molecule has 2 N–H and O–H groups in total. The molecule has 0 aliphatic heterocycles. The van der Waals surface area contributed by atoms with Crippen LogP contribution in [-0.4, -0.2) is 29.6 Å². The molecule has 17 heavy (non-hydrogen) atoms. The summed E-state index contributed by atoms with van der Waals surface area (Å²) in [6, 6.07) is 8.04. The standard InChI is InChI=1S/C13H20N2OS/c1-3-15(4-2)13(16)10-17-12-7-5-11(9-14)6-8-12/h5-8H,3-4,9-10,14H2,1-2H3. The first-order valence-corrected chi connectivity index (χ1v) is 6.89. The maximum Gasteiger partial charge on any atom is 0.232 e. The molecule has 0 fully saturated rings. The third-order valence-corrected chi connectivity index (χ3v) is 3.63. The number of hydrogen-bond donors (Lipinski definition) is 1. The summed E-state index contributed by atoms with van der Waals surface area (Å²) < 4.78 is 0. The van der Waals surface area contributed by atoms with Crippen LogP contribution in [0.15, 0.2) is 29.2 Å². The van der Waals surface area contributed by atoms with Crippen molar-refractivity contribution in [1.82, 2.24) is 4.90 Å². The fourth-order valence-corrected chi connectivity index (χ4v) is 2.34. The van der Waals surface area contributed by atoms with E-state index in [1.807, 2.05) is 43.0 Å². The van der Waals surface area contributed by atoms with Crippen molar-refractivity contribution in [2.75, 3.05) is 18.8 Å². The Bertz CT molecular complexity index is 347. The van der Waals surface area contributed by atoms with Crippen LogP contribution in [0.2, 0.25) is 0 Å². The molecule has 0 saturated heterocycles. The fourth-order valence-electron chi connectivity index (χ4n) is 1.53. The van der Waals surface area contributed by atoms with Crippen molar-refractivity contribution in [2.45, 2.75) is 25.3 Å². The molecule has 1 amide bonds.